The van der Waals surface area contributed by atoms with Crippen LogP contribution in [0.1, 0.15) is 0 Å². The van der Waals surface area contributed by atoms with E-state index in [1.165, 1.54) is 0 Å². The van der Waals surface area contributed by atoms with Crippen LogP contribution >= 0.6 is 0 Å². The van der Waals surface area contributed by atoms with Gasteiger partial charge in [-0.1, -0.05) is 0 Å². The van der Waals surface area contributed by atoms with Gasteiger partial charge < -0.3 is 19.2 Å². The second kappa shape index (κ2) is 3.40. The minimum absolute atomic E-state index is 0. The van der Waals surface area contributed by atoms with E-state index in [2.05, 4.69) is 0 Å². The Hall–Kier alpha value is 1.39. The van der Waals surface area contributed by atoms with E-state index in [0.29, 0.717) is 0 Å². The van der Waals surface area contributed by atoms with Crippen LogP contribution in [0.25, 0.3) is 0 Å². The first-order valence-electron chi connectivity index (χ1n) is 0.836. The minimum Gasteiger partial charge on any atom is -0.861 e. The number of rotatable bonds is 0. The van der Waals surface area contributed by atoms with Crippen molar-refractivity contribution in [3.63, 3.8) is 0 Å². The van der Waals surface area contributed by atoms with E-state index < -0.39 is 9.05 Å². The predicted octanol–water partition coefficient (Wildman–Crippen LogP) is -4.50. The first-order valence-corrected chi connectivity index (χ1v) is 2.51. The van der Waals surface area contributed by atoms with Crippen LogP contribution in [0.2, 0.25) is 0 Å². The second-order valence-corrected chi connectivity index (χ2v) is 1.57. The zero-order chi connectivity index (χ0) is 4.50. The van der Waals surface area contributed by atoms with Gasteiger partial charge in [-0.15, -0.1) is 9.05 Å². The van der Waals surface area contributed by atoms with Crippen molar-refractivity contribution >= 4 is 9.05 Å². The molecule has 0 spiro atoms. The van der Waals surface area contributed by atoms with Crippen LogP contribution in [0.15, 0.2) is 0 Å². The molecule has 6 heteroatoms. The van der Waals surface area contributed by atoms with E-state index in [1.54, 1.807) is 0 Å². The van der Waals surface area contributed by atoms with Gasteiger partial charge in [0.25, 0.3) is 0 Å². The van der Waals surface area contributed by atoms with Crippen LogP contribution in [-0.4, -0.2) is 13.8 Å². The molecule has 0 saturated heterocycles. The fraction of sp³-hybridized carbons (Fsp3) is 0. The van der Waals surface area contributed by atoms with Crippen molar-refractivity contribution in [2.75, 3.05) is 0 Å². The maximum absolute atomic E-state index is 8.69. The van der Waals surface area contributed by atoms with Crippen LogP contribution in [0.5, 0.6) is 0 Å². The van der Waals surface area contributed by atoms with Crippen molar-refractivity contribution in [3.05, 3.63) is 0 Å². The summed E-state index contributed by atoms with van der Waals surface area (Å²) in [5, 5.41) is 0. The molecule has 0 saturated carbocycles. The van der Waals surface area contributed by atoms with Crippen LogP contribution < -0.4 is 14.4 Å². The smallest absolute Gasteiger partial charge is 0 e. The molecule has 0 aliphatic carbocycles. The monoisotopic (exact) mass is 238 g/mol. The second-order valence-electron chi connectivity index (χ2n) is 0.524. The van der Waals surface area contributed by atoms with Gasteiger partial charge in [-0.3, -0.25) is 0 Å². The van der Waals surface area contributed by atoms with Gasteiger partial charge >= 0.3 is 0 Å². The quantitative estimate of drug-likeness (QED) is 0.431. The van der Waals surface area contributed by atoms with Crippen molar-refractivity contribution in [1.29, 1.82) is 0 Å². The summed E-state index contributed by atoms with van der Waals surface area (Å²) in [6, 6.07) is 0. The summed E-state index contributed by atoms with van der Waals surface area (Å²) in [6.45, 7) is 0. The Morgan fingerprint density at radius 2 is 1.17 bits per heavy atom. The average molecular weight is 238 g/mol. The van der Waals surface area contributed by atoms with Gasteiger partial charge in [0.15, 0.2) is 0 Å². The van der Waals surface area contributed by atoms with Crippen molar-refractivity contribution in [2.45, 2.75) is 0 Å². The molecule has 0 heterocycles. The summed E-state index contributed by atoms with van der Waals surface area (Å²) in [5.74, 6) is 0. The summed E-state index contributed by atoms with van der Waals surface area (Å²) >= 11 is 0. The minimum atomic E-state index is -5.36. The van der Waals surface area contributed by atoms with Crippen LogP contribution in [0.3, 0.4) is 0 Å². The Bertz CT molecular complexity index is 23.0. The van der Waals surface area contributed by atoms with Gasteiger partial charge in [-0.2, -0.15) is 0 Å². The normalized spacial score (nSPS) is 10.0. The summed E-state index contributed by atoms with van der Waals surface area (Å²) < 4.78 is 0. The Labute approximate surface area is 68.0 Å². The topological polar surface area (TPSA) is 89.4 Å². The van der Waals surface area contributed by atoms with Crippen LogP contribution in [0.4, 0.5) is 0 Å². The van der Waals surface area contributed by atoms with Crippen LogP contribution in [0, 0.1) is 40.4 Å². The molecule has 0 bridgehead atoms. The van der Waals surface area contributed by atoms with E-state index in [9.17, 15) is 0 Å². The van der Waals surface area contributed by atoms with Gasteiger partial charge in [0, 0.05) is 40.4 Å². The summed E-state index contributed by atoms with van der Waals surface area (Å²) in [5.41, 5.74) is 0. The third-order valence-corrected chi connectivity index (χ3v) is 0. The van der Waals surface area contributed by atoms with Gasteiger partial charge in [-0.25, -0.2) is 0 Å². The number of hydrogen-bond acceptors (Lipinski definition) is 4. The fourth-order valence-electron chi connectivity index (χ4n) is 0. The Kier molecular flexibility index (Phi) is 5.89. The molecule has 37 valence electrons. The standard InChI is InChI=1S/HO4Si.Pm/c1-5(2,3)4;/h1H;/q-3;. The zero-order valence-corrected chi connectivity index (χ0v) is 6.49. The molecule has 6 heavy (non-hydrogen) atoms. The molecule has 0 unspecified atom stereocenters. The molecule has 1 N–H and O–H groups in total. The van der Waals surface area contributed by atoms with Gasteiger partial charge in [-0.05, 0) is 0 Å². The Morgan fingerprint density at radius 1 is 1.17 bits per heavy atom. The summed E-state index contributed by atoms with van der Waals surface area (Å²) in [7, 11) is -5.36. The number of hydrogen-bond donors (Lipinski definition) is 1. The van der Waals surface area contributed by atoms with E-state index in [4.69, 9.17) is 19.2 Å². The molecular weight excluding hydrogens is 237 g/mol. The maximum atomic E-state index is 8.69. The van der Waals surface area contributed by atoms with Crippen molar-refractivity contribution in [1.82, 2.24) is 0 Å². The fourth-order valence-corrected chi connectivity index (χ4v) is 0. The molecule has 1 radical (unpaired) electrons. The van der Waals surface area contributed by atoms with Crippen molar-refractivity contribution in [2.24, 2.45) is 0 Å². The predicted molar refractivity (Wildman–Crippen MR) is 7.97 cm³/mol. The van der Waals surface area contributed by atoms with E-state index >= 15 is 0 Å². The molecule has 0 rings (SSSR count). The van der Waals surface area contributed by atoms with E-state index in [0.717, 1.165) is 0 Å². The zero-order valence-electron chi connectivity index (χ0n) is 2.62. The SMILES string of the molecule is [O-][Si]([O-])([O-])O.[Pm]. The summed E-state index contributed by atoms with van der Waals surface area (Å²) in [6.07, 6.45) is 0. The molecule has 0 aliphatic rings. The van der Waals surface area contributed by atoms with Gasteiger partial charge in [0.05, 0.1) is 0 Å². The van der Waals surface area contributed by atoms with Gasteiger partial charge in [0.2, 0.25) is 0 Å². The first kappa shape index (κ1) is 10.4. The first-order chi connectivity index (χ1) is 2.00. The third-order valence-electron chi connectivity index (χ3n) is 0. The van der Waals surface area contributed by atoms with E-state index in [1.807, 2.05) is 0 Å². The molecule has 0 fully saturated rings. The Balaban J connectivity index is 0. The maximum Gasteiger partial charge on any atom is 0 e. The molecule has 0 atom stereocenters. The van der Waals surface area contributed by atoms with Crippen molar-refractivity contribution < 1.29 is 59.6 Å². The molecule has 4 nitrogen and oxygen atoms in total. The third kappa shape index (κ3) is 53.6. The van der Waals surface area contributed by atoms with E-state index in [-0.39, 0.29) is 40.4 Å². The average Bonchev–Trinajstić information content (AvgIpc) is 0.722. The molecule has 0 aromatic heterocycles. The largest absolute Gasteiger partial charge is 0.861 e. The molecule has 0 aromatic carbocycles. The molecular formula is HO4PmSi-3. The molecule has 0 aromatic rings. The molecule has 0 aliphatic heterocycles. The van der Waals surface area contributed by atoms with Crippen LogP contribution in [-0.2, 0) is 0 Å². The van der Waals surface area contributed by atoms with Gasteiger partial charge in [0.1, 0.15) is 0 Å². The Morgan fingerprint density at radius 3 is 1.17 bits per heavy atom. The summed E-state index contributed by atoms with van der Waals surface area (Å²) in [4.78, 5) is 33.1. The molecule has 0 amide bonds. The van der Waals surface area contributed by atoms with Crippen molar-refractivity contribution in [3.8, 4) is 0 Å².